The molecule has 5 heteroatoms. The van der Waals surface area contributed by atoms with Crippen LogP contribution in [0.2, 0.25) is 0 Å². The lowest BCUT2D eigenvalue weighted by atomic mass is 10.0. The molecule has 3 rings (SSSR count). The number of ether oxygens (including phenoxy) is 2. The van der Waals surface area contributed by atoms with Gasteiger partial charge in [-0.3, -0.25) is 0 Å². The number of benzene rings is 1. The summed E-state index contributed by atoms with van der Waals surface area (Å²) in [5.41, 5.74) is 2.69. The molecule has 0 fully saturated rings. The minimum atomic E-state index is -0.458. The number of methoxy groups -OCH3 is 1. The van der Waals surface area contributed by atoms with Crippen LogP contribution in [0.5, 0.6) is 5.95 Å². The number of aryl methyl sites for hydroxylation is 1. The maximum atomic E-state index is 12.5. The van der Waals surface area contributed by atoms with Crippen molar-refractivity contribution >= 4 is 27.8 Å². The zero-order valence-electron chi connectivity index (χ0n) is 15.6. The van der Waals surface area contributed by atoms with Crippen LogP contribution in [0.4, 0.5) is 0 Å². The second-order valence-corrected chi connectivity index (χ2v) is 6.28. The topological polar surface area (TPSA) is 61.6 Å². The van der Waals surface area contributed by atoms with Gasteiger partial charge in [0, 0.05) is 5.39 Å². The third kappa shape index (κ3) is 3.39. The van der Waals surface area contributed by atoms with Crippen LogP contribution in [0.25, 0.3) is 21.9 Å². The molecule has 0 saturated heterocycles. The van der Waals surface area contributed by atoms with Gasteiger partial charge in [0.2, 0.25) is 0 Å². The van der Waals surface area contributed by atoms with Crippen LogP contribution in [0.15, 0.2) is 28.7 Å². The Morgan fingerprint density at radius 1 is 1.15 bits per heavy atom. The fraction of sp³-hybridized carbons (Fsp3) is 0.429. The Morgan fingerprint density at radius 2 is 1.96 bits per heavy atom. The highest BCUT2D eigenvalue weighted by Gasteiger charge is 2.27. The van der Waals surface area contributed by atoms with E-state index in [0.717, 1.165) is 41.2 Å². The number of furan rings is 1. The van der Waals surface area contributed by atoms with Gasteiger partial charge in [-0.15, -0.1) is 0 Å². The van der Waals surface area contributed by atoms with Crippen LogP contribution < -0.4 is 4.74 Å². The van der Waals surface area contributed by atoms with E-state index in [-0.39, 0.29) is 5.95 Å². The maximum Gasteiger partial charge on any atom is 0.345 e. The van der Waals surface area contributed by atoms with Crippen LogP contribution in [-0.2, 0) is 11.2 Å². The Bertz CT molecular complexity index is 913. The van der Waals surface area contributed by atoms with E-state index in [1.54, 1.807) is 0 Å². The van der Waals surface area contributed by atoms with E-state index < -0.39 is 5.97 Å². The molecule has 2 aromatic heterocycles. The summed E-state index contributed by atoms with van der Waals surface area (Å²) in [6.07, 6.45) is 5.37. The van der Waals surface area contributed by atoms with Gasteiger partial charge >= 0.3 is 11.9 Å². The van der Waals surface area contributed by atoms with Gasteiger partial charge in [0.1, 0.15) is 0 Å². The average molecular weight is 355 g/mol. The Balaban J connectivity index is 2.22. The normalized spacial score (nSPS) is 11.2. The summed E-state index contributed by atoms with van der Waals surface area (Å²) < 4.78 is 16.6. The Labute approximate surface area is 153 Å². The number of aromatic nitrogens is 1. The zero-order valence-corrected chi connectivity index (χ0v) is 15.6. The van der Waals surface area contributed by atoms with E-state index in [4.69, 9.17) is 18.9 Å². The first kappa shape index (κ1) is 18.2. The molecule has 0 unspecified atom stereocenters. The van der Waals surface area contributed by atoms with Crippen LogP contribution in [0.1, 0.15) is 55.6 Å². The molecule has 0 aliphatic heterocycles. The molecule has 0 aliphatic rings. The number of hydrogen-bond acceptors (Lipinski definition) is 5. The standard InChI is InChI=1S/C21H25NO4/c1-4-6-7-8-13-16-19-17(14-11-9-10-12-15(14)22-16)18(20(23)24-3)21(26-19)25-5-2/h9-12H,4-8,13H2,1-3H3. The third-order valence-electron chi connectivity index (χ3n) is 4.50. The van der Waals surface area contributed by atoms with E-state index in [1.807, 2.05) is 31.2 Å². The van der Waals surface area contributed by atoms with Crippen molar-refractivity contribution in [1.29, 1.82) is 0 Å². The number of unbranched alkanes of at least 4 members (excludes halogenated alkanes) is 3. The van der Waals surface area contributed by atoms with Crippen molar-refractivity contribution < 1.29 is 18.7 Å². The number of esters is 1. The predicted octanol–water partition coefficient (Wildman–Crippen LogP) is 5.29. The number of rotatable bonds is 8. The largest absolute Gasteiger partial charge is 0.465 e. The molecule has 2 heterocycles. The molecular weight excluding hydrogens is 330 g/mol. The van der Waals surface area contributed by atoms with E-state index in [0.29, 0.717) is 17.8 Å². The van der Waals surface area contributed by atoms with Gasteiger partial charge in [-0.25, -0.2) is 9.78 Å². The summed E-state index contributed by atoms with van der Waals surface area (Å²) in [6.45, 7) is 4.45. The predicted molar refractivity (Wildman–Crippen MR) is 102 cm³/mol. The van der Waals surface area contributed by atoms with E-state index >= 15 is 0 Å². The van der Waals surface area contributed by atoms with Crippen LogP contribution in [0, 0.1) is 0 Å². The van der Waals surface area contributed by atoms with Gasteiger partial charge in [-0.1, -0.05) is 44.4 Å². The lowest BCUT2D eigenvalue weighted by Gasteiger charge is -2.06. The Kier molecular flexibility index (Phi) is 5.76. The van der Waals surface area contributed by atoms with Crippen LogP contribution in [0.3, 0.4) is 0 Å². The summed E-state index contributed by atoms with van der Waals surface area (Å²) in [6, 6.07) is 7.78. The summed E-state index contributed by atoms with van der Waals surface area (Å²) >= 11 is 0. The molecule has 0 atom stereocenters. The fourth-order valence-electron chi connectivity index (χ4n) is 3.26. The summed E-state index contributed by atoms with van der Waals surface area (Å²) in [5.74, 6) is -0.247. The molecule has 1 aromatic carbocycles. The molecular formula is C21H25NO4. The molecule has 3 aromatic rings. The Morgan fingerprint density at radius 3 is 2.69 bits per heavy atom. The molecule has 0 radical (unpaired) electrons. The first-order chi connectivity index (χ1) is 12.7. The quantitative estimate of drug-likeness (QED) is 0.406. The number of para-hydroxylation sites is 1. The van der Waals surface area contributed by atoms with E-state index in [2.05, 4.69) is 6.92 Å². The first-order valence-corrected chi connectivity index (χ1v) is 9.26. The van der Waals surface area contributed by atoms with Crippen molar-refractivity contribution in [1.82, 2.24) is 4.98 Å². The van der Waals surface area contributed by atoms with Crippen molar-refractivity contribution in [2.24, 2.45) is 0 Å². The van der Waals surface area contributed by atoms with Gasteiger partial charge in [-0.05, 0) is 25.8 Å². The number of pyridine rings is 1. The number of fused-ring (bicyclic) bond motifs is 3. The highest BCUT2D eigenvalue weighted by atomic mass is 16.6. The summed E-state index contributed by atoms with van der Waals surface area (Å²) in [4.78, 5) is 17.3. The highest BCUT2D eigenvalue weighted by Crippen LogP contribution is 2.38. The second-order valence-electron chi connectivity index (χ2n) is 6.28. The minimum absolute atomic E-state index is 0.210. The number of carbonyl (C=O) groups is 1. The number of nitrogens with zero attached hydrogens (tertiary/aromatic N) is 1. The molecule has 26 heavy (non-hydrogen) atoms. The fourth-order valence-corrected chi connectivity index (χ4v) is 3.26. The lowest BCUT2D eigenvalue weighted by Crippen LogP contribution is -2.04. The van der Waals surface area contributed by atoms with Gasteiger partial charge in [0.15, 0.2) is 11.1 Å². The SMILES string of the molecule is CCCCCCc1nc2ccccc2c2c(C(=O)OC)c(OCC)oc12. The van der Waals surface area contributed by atoms with Crippen molar-refractivity contribution in [2.75, 3.05) is 13.7 Å². The van der Waals surface area contributed by atoms with Gasteiger partial charge < -0.3 is 13.9 Å². The van der Waals surface area contributed by atoms with Crippen molar-refractivity contribution in [2.45, 2.75) is 46.0 Å². The van der Waals surface area contributed by atoms with Crippen LogP contribution >= 0.6 is 0 Å². The molecule has 0 amide bonds. The Hall–Kier alpha value is -2.56. The molecule has 138 valence electrons. The number of hydrogen-bond donors (Lipinski definition) is 0. The molecule has 0 bridgehead atoms. The second kappa shape index (κ2) is 8.21. The monoisotopic (exact) mass is 355 g/mol. The molecule has 5 nitrogen and oxygen atoms in total. The van der Waals surface area contributed by atoms with E-state index in [1.165, 1.54) is 20.0 Å². The average Bonchev–Trinajstić information content (AvgIpc) is 3.04. The van der Waals surface area contributed by atoms with Crippen molar-refractivity contribution in [3.63, 3.8) is 0 Å². The molecule has 0 N–H and O–H groups in total. The van der Waals surface area contributed by atoms with Gasteiger partial charge in [0.05, 0.1) is 30.3 Å². The third-order valence-corrected chi connectivity index (χ3v) is 4.50. The lowest BCUT2D eigenvalue weighted by molar-refractivity contribution is 0.0595. The molecule has 0 saturated carbocycles. The molecule has 0 spiro atoms. The van der Waals surface area contributed by atoms with Crippen molar-refractivity contribution in [3.8, 4) is 5.95 Å². The van der Waals surface area contributed by atoms with Gasteiger partial charge in [0.25, 0.3) is 0 Å². The maximum absolute atomic E-state index is 12.5. The van der Waals surface area contributed by atoms with Gasteiger partial charge in [-0.2, -0.15) is 0 Å². The smallest absolute Gasteiger partial charge is 0.345 e. The molecule has 0 aliphatic carbocycles. The zero-order chi connectivity index (χ0) is 18.5. The number of carbonyl (C=O) groups excluding carboxylic acids is 1. The minimum Gasteiger partial charge on any atom is -0.465 e. The summed E-state index contributed by atoms with van der Waals surface area (Å²) in [5, 5.41) is 1.60. The van der Waals surface area contributed by atoms with Crippen molar-refractivity contribution in [3.05, 3.63) is 35.5 Å². The summed E-state index contributed by atoms with van der Waals surface area (Å²) in [7, 11) is 1.37. The highest BCUT2D eigenvalue weighted by molar-refractivity contribution is 6.16. The van der Waals surface area contributed by atoms with Crippen LogP contribution in [-0.4, -0.2) is 24.7 Å². The first-order valence-electron chi connectivity index (χ1n) is 9.26. The van der Waals surface area contributed by atoms with E-state index in [9.17, 15) is 4.79 Å².